The first-order chi connectivity index (χ1) is 27.3. The number of rotatable bonds is 2. The molecule has 0 bridgehead atoms. The fourth-order valence-electron chi connectivity index (χ4n) is 10.5. The summed E-state index contributed by atoms with van der Waals surface area (Å²) in [5.74, 6) is 0. The summed E-state index contributed by atoms with van der Waals surface area (Å²) in [5, 5.41) is 7.94. The number of thiophene rings is 1. The molecule has 1 nitrogen and oxygen atoms in total. The first-order valence-corrected chi connectivity index (χ1v) is 19.9. The van der Waals surface area contributed by atoms with Crippen LogP contribution in [0, 0.1) is 0 Å². The molecule has 0 amide bonds. The highest BCUT2D eigenvalue weighted by Gasteiger charge is 2.51. The largest absolute Gasteiger partial charge is 0.308 e. The van der Waals surface area contributed by atoms with Crippen molar-refractivity contribution in [3.05, 3.63) is 210 Å². The molecule has 0 atom stereocenters. The van der Waals surface area contributed by atoms with Crippen LogP contribution in [0.25, 0.3) is 91.8 Å². The van der Waals surface area contributed by atoms with Crippen molar-refractivity contribution >= 4 is 64.1 Å². The van der Waals surface area contributed by atoms with Crippen molar-refractivity contribution in [1.29, 1.82) is 0 Å². The van der Waals surface area contributed by atoms with E-state index < -0.39 is 0 Å². The molecule has 2 aliphatic carbocycles. The molecule has 11 aromatic rings. The number of nitrogens with zero attached hydrogens (tertiary/aromatic N) is 1. The Kier molecular flexibility index (Phi) is 5.77. The van der Waals surface area contributed by atoms with Gasteiger partial charge in [-0.2, -0.15) is 0 Å². The maximum atomic E-state index is 2.51. The van der Waals surface area contributed by atoms with Crippen LogP contribution in [0.4, 0.5) is 0 Å². The van der Waals surface area contributed by atoms with Gasteiger partial charge in [0.15, 0.2) is 0 Å². The van der Waals surface area contributed by atoms with Gasteiger partial charge in [-0.1, -0.05) is 158 Å². The molecule has 9 aromatic carbocycles. The van der Waals surface area contributed by atoms with Gasteiger partial charge in [0.2, 0.25) is 0 Å². The third kappa shape index (κ3) is 3.68. The monoisotopic (exact) mass is 713 g/mol. The minimum absolute atomic E-state index is 0.351. The van der Waals surface area contributed by atoms with Gasteiger partial charge in [-0.05, 0) is 96.7 Å². The number of fused-ring (bicyclic) bond motifs is 20. The molecule has 254 valence electrons. The highest BCUT2D eigenvalue weighted by atomic mass is 32.1. The number of hydrogen-bond donors (Lipinski definition) is 0. The molecule has 1 spiro atoms. The zero-order valence-electron chi connectivity index (χ0n) is 29.8. The van der Waals surface area contributed by atoms with Crippen LogP contribution in [0.2, 0.25) is 0 Å². The predicted octanol–water partition coefficient (Wildman–Crippen LogP) is 14.3. The smallest absolute Gasteiger partial charge is 0.0726 e. The van der Waals surface area contributed by atoms with E-state index >= 15 is 0 Å². The van der Waals surface area contributed by atoms with Gasteiger partial charge in [0.25, 0.3) is 0 Å². The summed E-state index contributed by atoms with van der Waals surface area (Å²) in [6.45, 7) is 0. The molecule has 2 aromatic heterocycles. The number of hydrogen-bond acceptors (Lipinski definition) is 1. The van der Waals surface area contributed by atoms with Crippen molar-refractivity contribution in [2.75, 3.05) is 0 Å². The van der Waals surface area contributed by atoms with E-state index in [1.807, 2.05) is 11.3 Å². The number of benzene rings is 9. The van der Waals surface area contributed by atoms with Gasteiger partial charge in [-0.25, -0.2) is 0 Å². The van der Waals surface area contributed by atoms with Crippen molar-refractivity contribution in [2.45, 2.75) is 5.41 Å². The normalized spacial score (nSPS) is 13.6. The second-order valence-electron chi connectivity index (χ2n) is 15.1. The Balaban J connectivity index is 1.03. The Labute approximate surface area is 322 Å². The molecule has 2 aliphatic rings. The molecular formula is C53H31NS. The SMILES string of the molecule is c1ccc2c(c1)-c1ccccc1C21c2ccccc2-c2ccc(-c3ccc(-n4c5ccccc5c5c6ccccc6c6c7ccccc7sc6c54)cc3)cc21. The van der Waals surface area contributed by atoms with Gasteiger partial charge >= 0.3 is 0 Å². The summed E-state index contributed by atoms with van der Waals surface area (Å²) >= 11 is 1.91. The Morgan fingerprint density at radius 3 is 1.56 bits per heavy atom. The van der Waals surface area contributed by atoms with Gasteiger partial charge in [0.05, 0.1) is 21.1 Å². The topological polar surface area (TPSA) is 4.93 Å². The molecule has 0 fully saturated rings. The fraction of sp³-hybridized carbons (Fsp3) is 0.0189. The van der Waals surface area contributed by atoms with E-state index in [2.05, 4.69) is 193 Å². The summed E-state index contributed by atoms with van der Waals surface area (Å²) in [4.78, 5) is 0. The number of para-hydroxylation sites is 1. The van der Waals surface area contributed by atoms with E-state index in [-0.39, 0.29) is 5.41 Å². The second kappa shape index (κ2) is 10.7. The molecule has 0 saturated heterocycles. The van der Waals surface area contributed by atoms with Crippen molar-refractivity contribution in [2.24, 2.45) is 0 Å². The summed E-state index contributed by atoms with van der Waals surface area (Å²) in [6, 6.07) is 70.4. The molecule has 0 saturated carbocycles. The Hall–Kier alpha value is -6.74. The first-order valence-electron chi connectivity index (χ1n) is 19.1. The van der Waals surface area contributed by atoms with Gasteiger partial charge in [-0.15, -0.1) is 11.3 Å². The molecule has 2 heteroatoms. The summed E-state index contributed by atoms with van der Waals surface area (Å²) < 4.78 is 5.18. The average molecular weight is 714 g/mol. The Morgan fingerprint density at radius 1 is 0.382 bits per heavy atom. The van der Waals surface area contributed by atoms with E-state index in [1.54, 1.807) is 0 Å². The van der Waals surface area contributed by atoms with Gasteiger partial charge in [0, 0.05) is 31.9 Å². The first kappa shape index (κ1) is 29.7. The zero-order valence-corrected chi connectivity index (χ0v) is 30.6. The van der Waals surface area contributed by atoms with Crippen LogP contribution in [0.3, 0.4) is 0 Å². The number of aromatic nitrogens is 1. The zero-order chi connectivity index (χ0) is 35.8. The third-order valence-electron chi connectivity index (χ3n) is 12.6. The summed E-state index contributed by atoms with van der Waals surface area (Å²) in [6.07, 6.45) is 0. The van der Waals surface area contributed by atoms with Gasteiger partial charge in [-0.3, -0.25) is 0 Å². The Morgan fingerprint density at radius 2 is 0.891 bits per heavy atom. The maximum absolute atomic E-state index is 2.51. The molecule has 55 heavy (non-hydrogen) atoms. The molecule has 2 heterocycles. The van der Waals surface area contributed by atoms with Gasteiger partial charge < -0.3 is 4.57 Å². The van der Waals surface area contributed by atoms with Crippen LogP contribution in [-0.2, 0) is 5.41 Å². The van der Waals surface area contributed by atoms with Crippen LogP contribution in [0.1, 0.15) is 22.3 Å². The maximum Gasteiger partial charge on any atom is 0.0726 e. The molecule has 0 aliphatic heterocycles. The standard InChI is InChI=1S/C53H31NS/c1-2-17-40-39(16-1)49-41-18-6-11-23-47(41)54(51(49)52-50(40)42-19-7-12-24-48(42)55-52)34-28-25-32(26-29-34)33-27-30-38-37-15-5-10-22-45(37)53(46(38)31-33)43-20-8-3-13-35(43)36-14-4-9-21-44(36)53/h1-31H. The summed E-state index contributed by atoms with van der Waals surface area (Å²) in [7, 11) is 0. The second-order valence-corrected chi connectivity index (χ2v) is 16.2. The van der Waals surface area contributed by atoms with E-state index in [9.17, 15) is 0 Å². The lowest BCUT2D eigenvalue weighted by atomic mass is 9.70. The van der Waals surface area contributed by atoms with Crippen molar-refractivity contribution in [3.8, 4) is 39.1 Å². The van der Waals surface area contributed by atoms with E-state index in [0.29, 0.717) is 0 Å². The Bertz CT molecular complexity index is 3370. The third-order valence-corrected chi connectivity index (χ3v) is 13.8. The minimum Gasteiger partial charge on any atom is -0.308 e. The molecule has 13 rings (SSSR count). The minimum atomic E-state index is -0.351. The average Bonchev–Trinajstić information content (AvgIpc) is 3.98. The van der Waals surface area contributed by atoms with Crippen LogP contribution in [-0.4, -0.2) is 4.57 Å². The van der Waals surface area contributed by atoms with Crippen molar-refractivity contribution in [1.82, 2.24) is 4.57 Å². The van der Waals surface area contributed by atoms with E-state index in [1.165, 1.54) is 114 Å². The molecular weight excluding hydrogens is 683 g/mol. The quantitative estimate of drug-likeness (QED) is 0.168. The van der Waals surface area contributed by atoms with Crippen LogP contribution >= 0.6 is 11.3 Å². The fourth-order valence-corrected chi connectivity index (χ4v) is 11.7. The van der Waals surface area contributed by atoms with Gasteiger partial charge in [0.1, 0.15) is 0 Å². The van der Waals surface area contributed by atoms with Crippen molar-refractivity contribution in [3.63, 3.8) is 0 Å². The molecule has 0 N–H and O–H groups in total. The lowest BCUT2D eigenvalue weighted by Crippen LogP contribution is -2.25. The highest BCUT2D eigenvalue weighted by Crippen LogP contribution is 2.63. The molecule has 0 radical (unpaired) electrons. The van der Waals surface area contributed by atoms with Crippen LogP contribution < -0.4 is 0 Å². The van der Waals surface area contributed by atoms with Crippen LogP contribution in [0.15, 0.2) is 188 Å². The molecule has 0 unspecified atom stereocenters. The lowest BCUT2D eigenvalue weighted by Gasteiger charge is -2.30. The van der Waals surface area contributed by atoms with Crippen molar-refractivity contribution < 1.29 is 0 Å². The summed E-state index contributed by atoms with van der Waals surface area (Å²) in [5.41, 5.74) is 16.6. The predicted molar refractivity (Wildman–Crippen MR) is 233 cm³/mol. The highest BCUT2D eigenvalue weighted by molar-refractivity contribution is 7.27. The van der Waals surface area contributed by atoms with E-state index in [0.717, 1.165) is 0 Å². The lowest BCUT2D eigenvalue weighted by molar-refractivity contribution is 0.794. The van der Waals surface area contributed by atoms with Crippen LogP contribution in [0.5, 0.6) is 0 Å². The van der Waals surface area contributed by atoms with E-state index in [4.69, 9.17) is 0 Å².